The fraction of sp³-hybridized carbons (Fsp3) is 0. The van der Waals surface area contributed by atoms with Crippen molar-refractivity contribution >= 4 is 19.1 Å². The number of nitrogens with zero attached hydrogens (tertiary/aromatic N) is 1. The maximum absolute atomic E-state index is 11.9. The Bertz CT molecular complexity index is 363. The second-order valence-electron chi connectivity index (χ2n) is 2.74. The third-order valence-corrected chi connectivity index (χ3v) is 1.52. The van der Waals surface area contributed by atoms with E-state index in [-0.39, 0.29) is 57.4 Å². The Kier molecular flexibility index (Phi) is 6.70. The Hall–Kier alpha value is 0.121. The molecule has 0 fully saturated rings. The molecule has 15 heavy (non-hydrogen) atoms. The maximum Gasteiger partial charge on any atom is 1.00 e. The van der Waals surface area contributed by atoms with E-state index >= 15 is 0 Å². The van der Waals surface area contributed by atoms with E-state index in [1.54, 1.807) is 6.07 Å². The minimum atomic E-state index is -4.88. The molecule has 0 aliphatic heterocycles. The van der Waals surface area contributed by atoms with Crippen LogP contribution in [0.5, 0.6) is 0 Å². The Morgan fingerprint density at radius 2 is 1.80 bits per heavy atom. The molecule has 0 bridgehead atoms. The van der Waals surface area contributed by atoms with Crippen LogP contribution in [0.3, 0.4) is 0 Å². The SMILES string of the molecule is C=Cc1cncc(/C=C/[B-](F)(F)F)c1.[K+]. The zero-order chi connectivity index (χ0) is 10.6. The van der Waals surface area contributed by atoms with Crippen molar-refractivity contribution in [1.29, 1.82) is 0 Å². The van der Waals surface area contributed by atoms with Crippen LogP contribution in [0.15, 0.2) is 31.0 Å². The van der Waals surface area contributed by atoms with E-state index in [1.807, 2.05) is 0 Å². The molecular formula is C9H8BF3KN. The van der Waals surface area contributed by atoms with Gasteiger partial charge in [0.05, 0.1) is 0 Å². The Morgan fingerprint density at radius 3 is 2.33 bits per heavy atom. The van der Waals surface area contributed by atoms with Crippen molar-refractivity contribution in [2.45, 2.75) is 0 Å². The number of pyridine rings is 1. The van der Waals surface area contributed by atoms with Gasteiger partial charge in [0.1, 0.15) is 0 Å². The zero-order valence-corrected chi connectivity index (χ0v) is 11.5. The minimum Gasteiger partial charge on any atom is -0.445 e. The first-order valence-electron chi connectivity index (χ1n) is 3.98. The summed E-state index contributed by atoms with van der Waals surface area (Å²) in [5.74, 6) is 0.240. The molecule has 0 aromatic carbocycles. The van der Waals surface area contributed by atoms with Crippen LogP contribution in [0.4, 0.5) is 12.9 Å². The van der Waals surface area contributed by atoms with E-state index in [2.05, 4.69) is 11.6 Å². The molecule has 74 valence electrons. The van der Waals surface area contributed by atoms with Crippen LogP contribution in [0.1, 0.15) is 11.1 Å². The van der Waals surface area contributed by atoms with Gasteiger partial charge in [-0.3, -0.25) is 4.98 Å². The molecule has 0 radical (unpaired) electrons. The summed E-state index contributed by atoms with van der Waals surface area (Å²) in [5, 5.41) is 0. The summed E-state index contributed by atoms with van der Waals surface area (Å²) in [6.07, 6.45) is 5.43. The standard InChI is InChI=1S/C9H8BF3N.K/c1-2-8-5-9(7-14-6-8)3-4-10(11,12)13;/h2-7H,1H2;/q-1;+1/b4-3+;. The van der Waals surface area contributed by atoms with Crippen LogP contribution in [0.25, 0.3) is 12.2 Å². The minimum absolute atomic E-state index is 0. The van der Waals surface area contributed by atoms with Crippen LogP contribution in [0, 0.1) is 0 Å². The van der Waals surface area contributed by atoms with Crippen molar-refractivity contribution in [2.75, 3.05) is 0 Å². The summed E-state index contributed by atoms with van der Waals surface area (Å²) in [5.41, 5.74) is 1.11. The predicted molar refractivity (Wildman–Crippen MR) is 52.4 cm³/mol. The molecule has 0 saturated carbocycles. The molecule has 0 aliphatic carbocycles. The number of hydrogen-bond acceptors (Lipinski definition) is 1. The molecular weight excluding hydrogens is 229 g/mol. The first-order chi connectivity index (χ1) is 6.51. The summed E-state index contributed by atoms with van der Waals surface area (Å²) in [4.78, 5) is 3.77. The van der Waals surface area contributed by atoms with E-state index in [0.717, 1.165) is 6.08 Å². The van der Waals surface area contributed by atoms with E-state index in [0.29, 0.717) is 11.1 Å². The van der Waals surface area contributed by atoms with Gasteiger partial charge in [0, 0.05) is 12.4 Å². The monoisotopic (exact) mass is 237 g/mol. The van der Waals surface area contributed by atoms with Crippen molar-refractivity contribution in [2.24, 2.45) is 0 Å². The van der Waals surface area contributed by atoms with E-state index < -0.39 is 6.98 Å². The number of rotatable bonds is 3. The van der Waals surface area contributed by atoms with Crippen LogP contribution in [-0.2, 0) is 0 Å². The summed E-state index contributed by atoms with van der Waals surface area (Å²) in [6, 6.07) is 1.58. The maximum atomic E-state index is 11.9. The third-order valence-electron chi connectivity index (χ3n) is 1.52. The second-order valence-corrected chi connectivity index (χ2v) is 2.74. The first-order valence-corrected chi connectivity index (χ1v) is 3.98. The van der Waals surface area contributed by atoms with Gasteiger partial charge in [-0.2, -0.15) is 0 Å². The molecule has 0 aliphatic rings. The Balaban J connectivity index is 0.00000196. The van der Waals surface area contributed by atoms with Gasteiger partial charge in [-0.25, -0.2) is 0 Å². The van der Waals surface area contributed by atoms with Crippen molar-refractivity contribution in [1.82, 2.24) is 4.98 Å². The van der Waals surface area contributed by atoms with Gasteiger partial charge in [-0.15, -0.1) is 5.98 Å². The fourth-order valence-electron chi connectivity index (χ4n) is 0.899. The molecule has 0 saturated heterocycles. The third kappa shape index (κ3) is 6.32. The van der Waals surface area contributed by atoms with E-state index in [4.69, 9.17) is 0 Å². The molecule has 1 aromatic rings. The molecule has 0 N–H and O–H groups in total. The summed E-state index contributed by atoms with van der Waals surface area (Å²) in [7, 11) is 0. The first kappa shape index (κ1) is 15.1. The van der Waals surface area contributed by atoms with Crippen molar-refractivity contribution in [3.8, 4) is 0 Å². The Labute approximate surface area is 129 Å². The average molecular weight is 237 g/mol. The number of hydrogen-bond donors (Lipinski definition) is 0. The summed E-state index contributed by atoms with van der Waals surface area (Å²) in [6.45, 7) is -1.38. The molecule has 1 heterocycles. The zero-order valence-electron chi connectivity index (χ0n) is 8.33. The molecule has 1 aromatic heterocycles. The van der Waals surface area contributed by atoms with Crippen LogP contribution < -0.4 is 51.4 Å². The predicted octanol–water partition coefficient (Wildman–Crippen LogP) is 0.128. The van der Waals surface area contributed by atoms with Crippen LogP contribution >= 0.6 is 0 Å². The van der Waals surface area contributed by atoms with Crippen molar-refractivity contribution < 1.29 is 64.3 Å². The van der Waals surface area contributed by atoms with Gasteiger partial charge >= 0.3 is 58.4 Å². The molecule has 0 amide bonds. The Morgan fingerprint density at radius 1 is 1.20 bits per heavy atom. The largest absolute Gasteiger partial charge is 1.00 e. The van der Waals surface area contributed by atoms with Crippen molar-refractivity contribution in [3.63, 3.8) is 0 Å². The van der Waals surface area contributed by atoms with Gasteiger partial charge in [-0.1, -0.05) is 18.7 Å². The normalized spacial score (nSPS) is 11.1. The van der Waals surface area contributed by atoms with Crippen LogP contribution in [-0.4, -0.2) is 12.0 Å². The topological polar surface area (TPSA) is 12.9 Å². The molecule has 0 spiro atoms. The quantitative estimate of drug-likeness (QED) is 0.681. The van der Waals surface area contributed by atoms with E-state index in [9.17, 15) is 12.9 Å². The number of halogens is 3. The van der Waals surface area contributed by atoms with Gasteiger partial charge in [-0.05, 0) is 17.2 Å². The smallest absolute Gasteiger partial charge is 0.445 e. The average Bonchev–Trinajstić information content (AvgIpc) is 2.14. The summed E-state index contributed by atoms with van der Waals surface area (Å²) < 4.78 is 35.6. The van der Waals surface area contributed by atoms with E-state index in [1.165, 1.54) is 18.5 Å². The molecule has 1 rings (SSSR count). The second kappa shape index (κ2) is 6.65. The molecule has 6 heteroatoms. The van der Waals surface area contributed by atoms with Crippen molar-refractivity contribution in [3.05, 3.63) is 42.1 Å². The number of aromatic nitrogens is 1. The van der Waals surface area contributed by atoms with Gasteiger partial charge in [0.2, 0.25) is 0 Å². The molecule has 1 nitrogen and oxygen atoms in total. The van der Waals surface area contributed by atoms with Gasteiger partial charge in [0.15, 0.2) is 0 Å². The van der Waals surface area contributed by atoms with Crippen LogP contribution in [0.2, 0.25) is 0 Å². The summed E-state index contributed by atoms with van der Waals surface area (Å²) >= 11 is 0. The molecule has 0 unspecified atom stereocenters. The molecule has 0 atom stereocenters. The fourth-order valence-corrected chi connectivity index (χ4v) is 0.899. The van der Waals surface area contributed by atoms with Gasteiger partial charge < -0.3 is 12.9 Å². The van der Waals surface area contributed by atoms with Gasteiger partial charge in [0.25, 0.3) is 0 Å².